The van der Waals surface area contributed by atoms with Crippen molar-refractivity contribution >= 4 is 5.97 Å². The molecule has 0 spiro atoms. The molecule has 1 aliphatic heterocycles. The fraction of sp³-hybridized carbons (Fsp3) is 0.562. The Hall–Kier alpha value is -1.43. The van der Waals surface area contributed by atoms with Gasteiger partial charge in [0.2, 0.25) is 5.79 Å². The number of ether oxygens (including phenoxy) is 1. The maximum absolute atomic E-state index is 12.4. The van der Waals surface area contributed by atoms with Crippen molar-refractivity contribution in [2.24, 2.45) is 5.41 Å². The SMILES string of the molecule is CCOC(=O)C1(CC)CC(c2ccccc2)OOC1(C)O. The maximum Gasteiger partial charge on any atom is 0.317 e. The monoisotopic (exact) mass is 294 g/mol. The average Bonchev–Trinajstić information content (AvgIpc) is 2.48. The third-order valence-corrected chi connectivity index (χ3v) is 4.19. The van der Waals surface area contributed by atoms with Crippen molar-refractivity contribution in [1.82, 2.24) is 0 Å². The Morgan fingerprint density at radius 2 is 2.05 bits per heavy atom. The van der Waals surface area contributed by atoms with E-state index in [2.05, 4.69) is 0 Å². The fourth-order valence-electron chi connectivity index (χ4n) is 2.77. The minimum absolute atomic E-state index is 0.257. The van der Waals surface area contributed by atoms with E-state index in [1.54, 1.807) is 6.92 Å². The number of hydrogen-bond acceptors (Lipinski definition) is 5. The molecule has 5 heteroatoms. The van der Waals surface area contributed by atoms with Crippen LogP contribution in [0.15, 0.2) is 30.3 Å². The minimum atomic E-state index is -1.72. The van der Waals surface area contributed by atoms with Gasteiger partial charge in [-0.25, -0.2) is 4.89 Å². The summed E-state index contributed by atoms with van der Waals surface area (Å²) in [6, 6.07) is 9.49. The molecule has 1 aromatic rings. The number of benzene rings is 1. The first-order chi connectivity index (χ1) is 9.97. The fourth-order valence-corrected chi connectivity index (χ4v) is 2.77. The predicted molar refractivity (Wildman–Crippen MR) is 76.0 cm³/mol. The van der Waals surface area contributed by atoms with Gasteiger partial charge in [-0.2, -0.15) is 4.89 Å². The van der Waals surface area contributed by atoms with Gasteiger partial charge in [0.1, 0.15) is 11.5 Å². The zero-order chi connectivity index (χ0) is 15.5. The molecule has 5 nitrogen and oxygen atoms in total. The predicted octanol–water partition coefficient (Wildman–Crippen LogP) is 2.75. The van der Waals surface area contributed by atoms with Crippen LogP contribution in [0.5, 0.6) is 0 Å². The standard InChI is InChI=1S/C16H22O5/c1-4-16(14(17)19-5-2)11-13(20-21-15(16,3)18)12-9-7-6-8-10-12/h6-10,13,18H,4-5,11H2,1-3H3. The van der Waals surface area contributed by atoms with Gasteiger partial charge >= 0.3 is 5.97 Å². The Kier molecular flexibility index (Phi) is 4.66. The Morgan fingerprint density at radius 3 is 2.62 bits per heavy atom. The zero-order valence-corrected chi connectivity index (χ0v) is 12.7. The van der Waals surface area contributed by atoms with Gasteiger partial charge in [0, 0.05) is 6.42 Å². The quantitative estimate of drug-likeness (QED) is 0.683. The van der Waals surface area contributed by atoms with E-state index in [-0.39, 0.29) is 6.61 Å². The first-order valence-corrected chi connectivity index (χ1v) is 7.26. The van der Waals surface area contributed by atoms with Crippen molar-refractivity contribution in [2.45, 2.75) is 45.5 Å². The minimum Gasteiger partial charge on any atom is -0.465 e. The lowest BCUT2D eigenvalue weighted by atomic mass is 9.71. The highest BCUT2D eigenvalue weighted by Crippen LogP contribution is 2.49. The van der Waals surface area contributed by atoms with Crippen LogP contribution >= 0.6 is 0 Å². The third kappa shape index (κ3) is 2.81. The molecule has 116 valence electrons. The molecule has 3 atom stereocenters. The molecule has 2 rings (SSSR count). The second-order valence-corrected chi connectivity index (χ2v) is 5.42. The Morgan fingerprint density at radius 1 is 1.38 bits per heavy atom. The average molecular weight is 294 g/mol. The molecule has 0 amide bonds. The second kappa shape index (κ2) is 6.13. The summed E-state index contributed by atoms with van der Waals surface area (Å²) >= 11 is 0. The van der Waals surface area contributed by atoms with Gasteiger partial charge in [-0.05, 0) is 25.8 Å². The molecule has 0 bridgehead atoms. The molecule has 1 fully saturated rings. The van der Waals surface area contributed by atoms with Gasteiger partial charge in [-0.15, -0.1) is 0 Å². The Balaban J connectivity index is 2.33. The zero-order valence-electron chi connectivity index (χ0n) is 12.7. The van der Waals surface area contributed by atoms with E-state index in [4.69, 9.17) is 14.5 Å². The lowest BCUT2D eigenvalue weighted by molar-refractivity contribution is -0.487. The second-order valence-electron chi connectivity index (χ2n) is 5.42. The molecule has 0 aromatic heterocycles. The number of aliphatic hydroxyl groups is 1. The van der Waals surface area contributed by atoms with Gasteiger partial charge in [0.25, 0.3) is 0 Å². The molecule has 1 heterocycles. The van der Waals surface area contributed by atoms with Crippen molar-refractivity contribution in [1.29, 1.82) is 0 Å². The normalized spacial score (nSPS) is 32.7. The summed E-state index contributed by atoms with van der Waals surface area (Å²) < 4.78 is 5.16. The van der Waals surface area contributed by atoms with Gasteiger partial charge in [-0.1, -0.05) is 37.3 Å². The van der Waals surface area contributed by atoms with Crippen molar-refractivity contribution < 1.29 is 24.4 Å². The van der Waals surface area contributed by atoms with Crippen LogP contribution in [0.4, 0.5) is 0 Å². The highest BCUT2D eigenvalue weighted by Gasteiger charge is 2.59. The Bertz CT molecular complexity index is 485. The van der Waals surface area contributed by atoms with E-state index in [0.29, 0.717) is 12.8 Å². The molecule has 3 unspecified atom stereocenters. The van der Waals surface area contributed by atoms with E-state index < -0.39 is 23.3 Å². The topological polar surface area (TPSA) is 65.0 Å². The molecule has 1 aromatic carbocycles. The number of esters is 1. The molecular formula is C16H22O5. The summed E-state index contributed by atoms with van der Waals surface area (Å²) in [5.74, 6) is -2.18. The first kappa shape index (κ1) is 15.9. The summed E-state index contributed by atoms with van der Waals surface area (Å²) in [5.41, 5.74) is -0.253. The van der Waals surface area contributed by atoms with Gasteiger partial charge in [-0.3, -0.25) is 4.79 Å². The summed E-state index contributed by atoms with van der Waals surface area (Å²) in [6.45, 7) is 5.27. The lowest BCUT2D eigenvalue weighted by Crippen LogP contribution is -2.57. The molecule has 21 heavy (non-hydrogen) atoms. The number of rotatable bonds is 4. The third-order valence-electron chi connectivity index (χ3n) is 4.19. The van der Waals surface area contributed by atoms with Crippen LogP contribution < -0.4 is 0 Å². The Labute approximate surface area is 124 Å². The summed E-state index contributed by atoms with van der Waals surface area (Å²) in [6.07, 6.45) is 0.279. The van der Waals surface area contributed by atoms with Crippen LogP contribution in [0.3, 0.4) is 0 Å². The van der Waals surface area contributed by atoms with E-state index in [0.717, 1.165) is 5.56 Å². The van der Waals surface area contributed by atoms with Crippen molar-refractivity contribution in [2.75, 3.05) is 6.61 Å². The van der Waals surface area contributed by atoms with Crippen LogP contribution in [-0.4, -0.2) is 23.5 Å². The van der Waals surface area contributed by atoms with Crippen LogP contribution in [0.25, 0.3) is 0 Å². The van der Waals surface area contributed by atoms with Gasteiger partial charge < -0.3 is 9.84 Å². The van der Waals surface area contributed by atoms with Gasteiger partial charge in [0.15, 0.2) is 0 Å². The van der Waals surface area contributed by atoms with Crippen molar-refractivity contribution in [3.05, 3.63) is 35.9 Å². The van der Waals surface area contributed by atoms with E-state index in [1.807, 2.05) is 37.3 Å². The largest absolute Gasteiger partial charge is 0.465 e. The molecule has 1 N–H and O–H groups in total. The van der Waals surface area contributed by atoms with Gasteiger partial charge in [0.05, 0.1) is 6.61 Å². The summed E-state index contributed by atoms with van der Waals surface area (Å²) in [7, 11) is 0. The van der Waals surface area contributed by atoms with Crippen LogP contribution in [0.2, 0.25) is 0 Å². The molecule has 0 saturated carbocycles. The molecule has 1 saturated heterocycles. The van der Waals surface area contributed by atoms with Crippen molar-refractivity contribution in [3.63, 3.8) is 0 Å². The van der Waals surface area contributed by atoms with Crippen molar-refractivity contribution in [3.8, 4) is 0 Å². The molecule has 1 aliphatic rings. The smallest absolute Gasteiger partial charge is 0.317 e. The van der Waals surface area contributed by atoms with Crippen LogP contribution in [0, 0.1) is 5.41 Å². The first-order valence-electron chi connectivity index (χ1n) is 7.26. The van der Waals surface area contributed by atoms with Crippen LogP contribution in [0.1, 0.15) is 45.3 Å². The maximum atomic E-state index is 12.4. The van der Waals surface area contributed by atoms with Crippen LogP contribution in [-0.2, 0) is 19.3 Å². The lowest BCUT2D eigenvalue weighted by Gasteiger charge is -2.46. The number of hydrogen-bond donors (Lipinski definition) is 1. The van der Waals surface area contributed by atoms with E-state index in [1.165, 1.54) is 6.92 Å². The molecular weight excluding hydrogens is 272 g/mol. The highest BCUT2D eigenvalue weighted by atomic mass is 17.2. The molecule has 0 aliphatic carbocycles. The summed E-state index contributed by atoms with van der Waals surface area (Å²) in [4.78, 5) is 22.9. The summed E-state index contributed by atoms with van der Waals surface area (Å²) in [5, 5.41) is 10.5. The molecule has 0 radical (unpaired) electrons. The number of carbonyl (C=O) groups excluding carboxylic acids is 1. The number of carbonyl (C=O) groups is 1. The van der Waals surface area contributed by atoms with E-state index in [9.17, 15) is 9.90 Å². The van der Waals surface area contributed by atoms with E-state index >= 15 is 0 Å². The highest BCUT2D eigenvalue weighted by molar-refractivity contribution is 5.78.